The van der Waals surface area contributed by atoms with Crippen molar-refractivity contribution in [1.29, 1.82) is 0 Å². The van der Waals surface area contributed by atoms with E-state index in [1.165, 1.54) is 6.20 Å². The number of carboxylic acid groups (broad SMARTS) is 1. The van der Waals surface area contributed by atoms with Gasteiger partial charge in [-0.3, -0.25) is 4.98 Å². The van der Waals surface area contributed by atoms with Crippen LogP contribution in [0.1, 0.15) is 10.7 Å². The third-order valence-corrected chi connectivity index (χ3v) is 1.63. The molecule has 0 atom stereocenters. The monoisotopic (exact) mass is 198 g/mol. The summed E-state index contributed by atoms with van der Waals surface area (Å²) in [7, 11) is 0. The summed E-state index contributed by atoms with van der Waals surface area (Å²) in [4.78, 5) is 18.0. The minimum atomic E-state index is -1.18. The number of carboxylic acids is 1. The summed E-state index contributed by atoms with van der Waals surface area (Å²) in [5.41, 5.74) is 0.701. The van der Waals surface area contributed by atoms with Crippen LogP contribution < -0.4 is 0 Å². The fourth-order valence-electron chi connectivity index (χ4n) is 1.01. The molecular formula is C9H7LiN2O3. The van der Waals surface area contributed by atoms with E-state index >= 15 is 0 Å². The molecular weight excluding hydrogens is 191 g/mol. The minimum absolute atomic E-state index is 0. The molecule has 2 aromatic heterocycles. The third-order valence-electron chi connectivity index (χ3n) is 1.63. The van der Waals surface area contributed by atoms with E-state index in [2.05, 4.69) is 9.97 Å². The molecule has 15 heavy (non-hydrogen) atoms. The van der Waals surface area contributed by atoms with Gasteiger partial charge in [-0.05, 0) is 12.1 Å². The van der Waals surface area contributed by atoms with E-state index in [4.69, 9.17) is 9.52 Å². The van der Waals surface area contributed by atoms with Gasteiger partial charge in [-0.15, -0.1) is 0 Å². The SMILES string of the molecule is O=C(O)c1ncc(-c2cccnc2)o1.[LiH]. The van der Waals surface area contributed by atoms with Crippen LogP contribution in [0.5, 0.6) is 0 Å². The van der Waals surface area contributed by atoms with Crippen molar-refractivity contribution in [3.05, 3.63) is 36.6 Å². The van der Waals surface area contributed by atoms with Crippen molar-refractivity contribution in [2.75, 3.05) is 0 Å². The molecule has 2 heterocycles. The zero-order chi connectivity index (χ0) is 9.97. The molecule has 0 radical (unpaired) electrons. The number of rotatable bonds is 2. The Morgan fingerprint density at radius 1 is 1.40 bits per heavy atom. The standard InChI is InChI=1S/C9H6N2O3.Li.H/c12-9(13)8-11-5-7(14-8)6-2-1-3-10-4-6;;/h1-5H,(H,12,13);;. The van der Waals surface area contributed by atoms with Crippen LogP contribution in [0.4, 0.5) is 0 Å². The average Bonchev–Trinajstić information content (AvgIpc) is 2.68. The zero-order valence-corrected chi connectivity index (χ0v) is 7.04. The van der Waals surface area contributed by atoms with Gasteiger partial charge in [-0.25, -0.2) is 9.78 Å². The Hall–Kier alpha value is -1.57. The Morgan fingerprint density at radius 3 is 2.73 bits per heavy atom. The molecule has 0 spiro atoms. The van der Waals surface area contributed by atoms with E-state index < -0.39 is 5.97 Å². The Balaban J connectivity index is 0.00000112. The van der Waals surface area contributed by atoms with Crippen molar-refractivity contribution in [3.63, 3.8) is 0 Å². The molecule has 0 aliphatic rings. The van der Waals surface area contributed by atoms with Crippen molar-refractivity contribution >= 4 is 24.8 Å². The molecule has 0 saturated carbocycles. The third kappa shape index (κ3) is 2.46. The van der Waals surface area contributed by atoms with Gasteiger partial charge in [0.1, 0.15) is 0 Å². The first-order valence-corrected chi connectivity index (χ1v) is 3.87. The second kappa shape index (κ2) is 4.78. The van der Waals surface area contributed by atoms with Crippen molar-refractivity contribution in [2.45, 2.75) is 0 Å². The molecule has 0 unspecified atom stereocenters. The summed E-state index contributed by atoms with van der Waals surface area (Å²) in [6.07, 6.45) is 4.56. The molecule has 0 aliphatic carbocycles. The van der Waals surface area contributed by atoms with E-state index in [-0.39, 0.29) is 24.8 Å². The van der Waals surface area contributed by atoms with Gasteiger partial charge in [0.05, 0.1) is 6.20 Å². The van der Waals surface area contributed by atoms with Gasteiger partial charge in [-0.2, -0.15) is 0 Å². The number of hydrogen-bond donors (Lipinski definition) is 1. The second-order valence-electron chi connectivity index (χ2n) is 2.58. The number of aromatic nitrogens is 2. The van der Waals surface area contributed by atoms with Gasteiger partial charge in [0.15, 0.2) is 5.76 Å². The second-order valence-corrected chi connectivity index (χ2v) is 2.58. The predicted octanol–water partition coefficient (Wildman–Crippen LogP) is 0.786. The molecule has 0 saturated heterocycles. The zero-order valence-electron chi connectivity index (χ0n) is 7.04. The van der Waals surface area contributed by atoms with Crippen LogP contribution in [0.2, 0.25) is 0 Å². The molecule has 0 amide bonds. The molecule has 2 rings (SSSR count). The first-order valence-electron chi connectivity index (χ1n) is 3.87. The first-order chi connectivity index (χ1) is 6.77. The number of aromatic carboxylic acids is 1. The van der Waals surface area contributed by atoms with Crippen molar-refractivity contribution in [2.24, 2.45) is 0 Å². The summed E-state index contributed by atoms with van der Waals surface area (Å²) in [6, 6.07) is 3.50. The number of oxazole rings is 1. The van der Waals surface area contributed by atoms with E-state index in [0.717, 1.165) is 0 Å². The van der Waals surface area contributed by atoms with Crippen molar-refractivity contribution < 1.29 is 14.3 Å². The maximum atomic E-state index is 10.5. The van der Waals surface area contributed by atoms with Gasteiger partial charge in [-0.1, -0.05) is 0 Å². The number of carbonyl (C=O) groups is 1. The Morgan fingerprint density at radius 2 is 2.20 bits per heavy atom. The normalized spacial score (nSPS) is 9.33. The van der Waals surface area contributed by atoms with Crippen LogP contribution in [0.15, 0.2) is 35.1 Å². The van der Waals surface area contributed by atoms with Crippen LogP contribution in [0, 0.1) is 0 Å². The van der Waals surface area contributed by atoms with Crippen molar-refractivity contribution in [1.82, 2.24) is 9.97 Å². The van der Waals surface area contributed by atoms with Crippen LogP contribution in [0.25, 0.3) is 11.3 Å². The molecule has 1 N–H and O–H groups in total. The molecule has 0 fully saturated rings. The molecule has 2 aromatic rings. The molecule has 5 nitrogen and oxygen atoms in total. The topological polar surface area (TPSA) is 76.2 Å². The van der Waals surface area contributed by atoms with Gasteiger partial charge in [0.2, 0.25) is 0 Å². The quantitative estimate of drug-likeness (QED) is 0.721. The van der Waals surface area contributed by atoms with Gasteiger partial charge in [0, 0.05) is 18.0 Å². The molecule has 72 valence electrons. The number of hydrogen-bond acceptors (Lipinski definition) is 4. The Kier molecular flexibility index (Phi) is 3.66. The van der Waals surface area contributed by atoms with Crippen LogP contribution in [-0.2, 0) is 0 Å². The Labute approximate surface area is 97.3 Å². The maximum absolute atomic E-state index is 10.5. The fourth-order valence-corrected chi connectivity index (χ4v) is 1.01. The molecule has 6 heteroatoms. The van der Waals surface area contributed by atoms with E-state index in [9.17, 15) is 4.79 Å². The predicted molar refractivity (Wildman–Crippen MR) is 53.8 cm³/mol. The first kappa shape index (κ1) is 11.5. The van der Waals surface area contributed by atoms with Gasteiger partial charge in [0.25, 0.3) is 0 Å². The van der Waals surface area contributed by atoms with E-state index in [1.54, 1.807) is 24.5 Å². The van der Waals surface area contributed by atoms with Gasteiger partial charge >= 0.3 is 30.7 Å². The summed E-state index contributed by atoms with van der Waals surface area (Å²) in [6.45, 7) is 0. The summed E-state index contributed by atoms with van der Waals surface area (Å²) in [5, 5.41) is 8.57. The van der Waals surface area contributed by atoms with Gasteiger partial charge < -0.3 is 9.52 Å². The van der Waals surface area contributed by atoms with Crippen LogP contribution >= 0.6 is 0 Å². The summed E-state index contributed by atoms with van der Waals surface area (Å²) in [5.74, 6) is -1.10. The fraction of sp³-hybridized carbons (Fsp3) is 0. The molecule has 0 aliphatic heterocycles. The van der Waals surface area contributed by atoms with E-state index in [1.807, 2.05) is 0 Å². The molecule has 0 bridgehead atoms. The van der Waals surface area contributed by atoms with Crippen LogP contribution in [-0.4, -0.2) is 39.9 Å². The Bertz CT molecular complexity index is 455. The van der Waals surface area contributed by atoms with Crippen molar-refractivity contribution in [3.8, 4) is 11.3 Å². The number of pyridine rings is 1. The number of nitrogens with zero attached hydrogens (tertiary/aromatic N) is 2. The average molecular weight is 198 g/mol. The summed E-state index contributed by atoms with van der Waals surface area (Å²) < 4.78 is 4.98. The summed E-state index contributed by atoms with van der Waals surface area (Å²) >= 11 is 0. The van der Waals surface area contributed by atoms with Crippen LogP contribution in [0.3, 0.4) is 0 Å². The molecule has 0 aromatic carbocycles. The van der Waals surface area contributed by atoms with E-state index in [0.29, 0.717) is 11.3 Å².